The Hall–Kier alpha value is -1.16. The third kappa shape index (κ3) is 2.78. The van der Waals surface area contributed by atoms with E-state index in [0.29, 0.717) is 10.9 Å². The molecule has 0 saturated carbocycles. The van der Waals surface area contributed by atoms with Gasteiger partial charge >= 0.3 is 0 Å². The molecule has 1 aliphatic rings. The van der Waals surface area contributed by atoms with Crippen LogP contribution in [-0.2, 0) is 10.8 Å². The zero-order chi connectivity index (χ0) is 15.0. The van der Waals surface area contributed by atoms with E-state index in [1.165, 1.54) is 5.56 Å². The van der Waals surface area contributed by atoms with Crippen molar-refractivity contribution in [3.05, 3.63) is 64.7 Å². The smallest absolute Gasteiger partial charge is 0.0593 e. The predicted molar refractivity (Wildman–Crippen MR) is 88.1 cm³/mol. The number of rotatable bonds is 2. The zero-order valence-corrected chi connectivity index (χ0v) is 13.4. The Labute approximate surface area is 132 Å². The van der Waals surface area contributed by atoms with Crippen LogP contribution in [0.4, 0.5) is 0 Å². The lowest BCUT2D eigenvalue weighted by Crippen LogP contribution is -2.36. The van der Waals surface area contributed by atoms with Gasteiger partial charge in [0.25, 0.3) is 0 Å². The van der Waals surface area contributed by atoms with Crippen molar-refractivity contribution < 1.29 is 4.21 Å². The lowest BCUT2D eigenvalue weighted by Gasteiger charge is -2.34. The van der Waals surface area contributed by atoms with Crippen LogP contribution in [0.3, 0.4) is 0 Å². The summed E-state index contributed by atoms with van der Waals surface area (Å²) in [5.41, 5.74) is 8.82. The Morgan fingerprint density at radius 3 is 2.38 bits per heavy atom. The lowest BCUT2D eigenvalue weighted by atomic mass is 9.81. The van der Waals surface area contributed by atoms with Gasteiger partial charge in [-0.05, 0) is 47.7 Å². The molecule has 21 heavy (non-hydrogen) atoms. The summed E-state index contributed by atoms with van der Waals surface area (Å²) in [6.45, 7) is 2.18. The van der Waals surface area contributed by atoms with E-state index in [1.807, 2.05) is 24.3 Å². The van der Waals surface area contributed by atoms with Crippen LogP contribution in [0.15, 0.2) is 53.4 Å². The molecule has 0 aliphatic heterocycles. The molecular formula is C17H18ClNOS. The highest BCUT2D eigenvalue weighted by atomic mass is 35.5. The van der Waals surface area contributed by atoms with Crippen molar-refractivity contribution in [3.8, 4) is 0 Å². The molecule has 3 rings (SSSR count). The average Bonchev–Trinajstić information content (AvgIpc) is 2.51. The highest BCUT2D eigenvalue weighted by molar-refractivity contribution is 7.85. The number of fused-ring (bicyclic) bond motifs is 1. The quantitative estimate of drug-likeness (QED) is 0.908. The van der Waals surface area contributed by atoms with Crippen LogP contribution < -0.4 is 5.73 Å². The first-order chi connectivity index (χ1) is 10.1. The first-order valence-electron chi connectivity index (χ1n) is 7.08. The summed E-state index contributed by atoms with van der Waals surface area (Å²) in [5, 5.41) is 0.596. The molecule has 0 saturated heterocycles. The van der Waals surface area contributed by atoms with Gasteiger partial charge in [-0.2, -0.15) is 0 Å². The van der Waals surface area contributed by atoms with E-state index in [1.54, 1.807) is 12.1 Å². The van der Waals surface area contributed by atoms with Gasteiger partial charge in [-0.1, -0.05) is 42.8 Å². The van der Waals surface area contributed by atoms with Gasteiger partial charge in [0.2, 0.25) is 0 Å². The van der Waals surface area contributed by atoms with Crippen LogP contribution in [0.5, 0.6) is 0 Å². The van der Waals surface area contributed by atoms with Crippen molar-refractivity contribution in [2.75, 3.05) is 0 Å². The second-order valence-corrected chi connectivity index (χ2v) is 7.69. The summed E-state index contributed by atoms with van der Waals surface area (Å²) >= 11 is 5.90. The molecule has 2 aromatic carbocycles. The molecule has 0 radical (unpaired) electrons. The van der Waals surface area contributed by atoms with Crippen LogP contribution in [0.1, 0.15) is 36.4 Å². The molecule has 2 nitrogen and oxygen atoms in total. The maximum absolute atomic E-state index is 12.9. The minimum atomic E-state index is -1.12. The predicted octanol–water partition coefficient (Wildman–Crippen LogP) is 4.02. The first-order valence-corrected chi connectivity index (χ1v) is 8.67. The topological polar surface area (TPSA) is 43.1 Å². The summed E-state index contributed by atoms with van der Waals surface area (Å²) < 4.78 is 12.9. The fourth-order valence-corrected chi connectivity index (χ4v) is 4.81. The van der Waals surface area contributed by atoms with Crippen molar-refractivity contribution in [2.45, 2.75) is 35.4 Å². The maximum atomic E-state index is 12.9. The molecule has 4 heteroatoms. The summed E-state index contributed by atoms with van der Waals surface area (Å²) in [5.74, 6) is 0.377. The molecular weight excluding hydrogens is 302 g/mol. The maximum Gasteiger partial charge on any atom is 0.0593 e. The van der Waals surface area contributed by atoms with E-state index < -0.39 is 10.8 Å². The van der Waals surface area contributed by atoms with Crippen molar-refractivity contribution >= 4 is 22.4 Å². The zero-order valence-electron chi connectivity index (χ0n) is 11.8. The lowest BCUT2D eigenvalue weighted by molar-refractivity contribution is 0.513. The normalized spacial score (nSPS) is 26.1. The molecule has 0 bridgehead atoms. The van der Waals surface area contributed by atoms with Crippen LogP contribution in [0.25, 0.3) is 0 Å². The fourth-order valence-electron chi connectivity index (χ4n) is 3.05. The standard InChI is InChI=1S/C17H18ClNOS/c1-11-10-16(17(19)15-5-3-2-4-14(11)15)21(20)13-8-6-12(18)7-9-13/h2-9,11,16-17H,10,19H2,1H3. The summed E-state index contributed by atoms with van der Waals surface area (Å²) in [6.07, 6.45) is 0.841. The second kappa shape index (κ2) is 5.91. The Kier molecular flexibility index (Phi) is 4.16. The summed E-state index contributed by atoms with van der Waals surface area (Å²) in [7, 11) is -1.12. The van der Waals surface area contributed by atoms with E-state index in [4.69, 9.17) is 17.3 Å². The largest absolute Gasteiger partial charge is 0.323 e. The Balaban J connectivity index is 1.93. The van der Waals surface area contributed by atoms with Crippen LogP contribution >= 0.6 is 11.6 Å². The highest BCUT2D eigenvalue weighted by Crippen LogP contribution is 2.39. The van der Waals surface area contributed by atoms with Gasteiger partial charge in [0.1, 0.15) is 0 Å². The van der Waals surface area contributed by atoms with Crippen molar-refractivity contribution in [1.29, 1.82) is 0 Å². The van der Waals surface area contributed by atoms with Gasteiger partial charge in [-0.15, -0.1) is 0 Å². The number of benzene rings is 2. The van der Waals surface area contributed by atoms with Gasteiger partial charge in [0, 0.05) is 16.0 Å². The highest BCUT2D eigenvalue weighted by Gasteiger charge is 2.34. The van der Waals surface area contributed by atoms with E-state index in [0.717, 1.165) is 16.9 Å². The summed E-state index contributed by atoms with van der Waals surface area (Å²) in [6, 6.07) is 15.3. The minimum absolute atomic E-state index is 0.0592. The number of hydrogen-bond donors (Lipinski definition) is 1. The van der Waals surface area contributed by atoms with Crippen LogP contribution in [0, 0.1) is 0 Å². The molecule has 4 atom stereocenters. The third-order valence-corrected chi connectivity index (χ3v) is 6.22. The Morgan fingerprint density at radius 2 is 1.71 bits per heavy atom. The molecule has 1 aliphatic carbocycles. The second-order valence-electron chi connectivity index (χ2n) is 5.58. The molecule has 0 aromatic heterocycles. The molecule has 4 unspecified atom stereocenters. The minimum Gasteiger partial charge on any atom is -0.323 e. The van der Waals surface area contributed by atoms with E-state index >= 15 is 0 Å². The molecule has 110 valence electrons. The monoisotopic (exact) mass is 319 g/mol. The van der Waals surface area contributed by atoms with Gasteiger partial charge in [0.05, 0.1) is 16.0 Å². The van der Waals surface area contributed by atoms with E-state index in [9.17, 15) is 4.21 Å². The van der Waals surface area contributed by atoms with Gasteiger partial charge in [-0.25, -0.2) is 0 Å². The van der Waals surface area contributed by atoms with E-state index in [2.05, 4.69) is 19.1 Å². The Morgan fingerprint density at radius 1 is 1.10 bits per heavy atom. The molecule has 2 N–H and O–H groups in total. The third-order valence-electron chi connectivity index (χ3n) is 4.19. The van der Waals surface area contributed by atoms with Crippen molar-refractivity contribution in [2.24, 2.45) is 5.73 Å². The average molecular weight is 320 g/mol. The van der Waals surface area contributed by atoms with Gasteiger partial charge < -0.3 is 5.73 Å². The molecule has 0 heterocycles. The number of nitrogens with two attached hydrogens (primary N) is 1. The molecule has 0 fully saturated rings. The first kappa shape index (κ1) is 14.8. The van der Waals surface area contributed by atoms with Crippen molar-refractivity contribution in [3.63, 3.8) is 0 Å². The number of hydrogen-bond acceptors (Lipinski definition) is 2. The van der Waals surface area contributed by atoms with E-state index in [-0.39, 0.29) is 11.3 Å². The molecule has 2 aromatic rings. The molecule has 0 spiro atoms. The van der Waals surface area contributed by atoms with Crippen LogP contribution in [0.2, 0.25) is 5.02 Å². The van der Waals surface area contributed by atoms with Gasteiger partial charge in [-0.3, -0.25) is 4.21 Å². The summed E-state index contributed by atoms with van der Waals surface area (Å²) in [4.78, 5) is 0.798. The molecule has 0 amide bonds. The number of halogens is 1. The van der Waals surface area contributed by atoms with Gasteiger partial charge in [0.15, 0.2) is 0 Å². The SMILES string of the molecule is CC1CC(S(=O)c2ccc(Cl)cc2)C(N)c2ccccc21. The van der Waals surface area contributed by atoms with Crippen molar-refractivity contribution in [1.82, 2.24) is 0 Å². The Bertz CT molecular complexity index is 671. The fraction of sp³-hybridized carbons (Fsp3) is 0.294. The van der Waals surface area contributed by atoms with Crippen LogP contribution in [-0.4, -0.2) is 9.46 Å².